The molecule has 1 aromatic carbocycles. The van der Waals surface area contributed by atoms with E-state index in [1.807, 2.05) is 6.07 Å². The molecule has 0 radical (unpaired) electrons. The van der Waals surface area contributed by atoms with Crippen LogP contribution in [0, 0.1) is 17.1 Å². The third-order valence-electron chi connectivity index (χ3n) is 2.43. The molecule has 96 valence electrons. The van der Waals surface area contributed by atoms with Crippen molar-refractivity contribution in [3.8, 4) is 11.8 Å². The van der Waals surface area contributed by atoms with Crippen LogP contribution >= 0.6 is 0 Å². The lowest BCUT2D eigenvalue weighted by atomic mass is 10.0. The van der Waals surface area contributed by atoms with Gasteiger partial charge in [-0.25, -0.2) is 4.39 Å². The van der Waals surface area contributed by atoms with E-state index in [0.717, 1.165) is 0 Å². The van der Waals surface area contributed by atoms with Crippen molar-refractivity contribution in [3.05, 3.63) is 29.1 Å². The second-order valence-electron chi connectivity index (χ2n) is 3.52. The van der Waals surface area contributed by atoms with Crippen LogP contribution in [0.1, 0.15) is 24.5 Å². The van der Waals surface area contributed by atoms with E-state index < -0.39 is 11.8 Å². The Kier molecular flexibility index (Phi) is 5.12. The first kappa shape index (κ1) is 14.0. The minimum absolute atomic E-state index is 0.0343. The van der Waals surface area contributed by atoms with Crippen molar-refractivity contribution in [2.45, 2.75) is 19.8 Å². The van der Waals surface area contributed by atoms with Crippen LogP contribution < -0.4 is 4.74 Å². The van der Waals surface area contributed by atoms with E-state index in [4.69, 9.17) is 14.7 Å². The molecule has 0 aromatic heterocycles. The third-order valence-corrected chi connectivity index (χ3v) is 2.43. The molecular weight excluding hydrogens is 237 g/mol. The van der Waals surface area contributed by atoms with Crippen LogP contribution in [0.5, 0.6) is 5.75 Å². The van der Waals surface area contributed by atoms with Gasteiger partial charge in [0.2, 0.25) is 0 Å². The van der Waals surface area contributed by atoms with Crippen molar-refractivity contribution in [2.75, 3.05) is 13.7 Å². The molecule has 0 aliphatic heterocycles. The molecule has 0 spiro atoms. The van der Waals surface area contributed by atoms with Gasteiger partial charge >= 0.3 is 5.97 Å². The zero-order valence-electron chi connectivity index (χ0n) is 10.3. The number of carbonyl (C=O) groups is 1. The fourth-order valence-electron chi connectivity index (χ4n) is 1.60. The van der Waals surface area contributed by atoms with Gasteiger partial charge in [0, 0.05) is 12.0 Å². The number of nitriles is 1. The van der Waals surface area contributed by atoms with E-state index in [1.54, 1.807) is 6.92 Å². The van der Waals surface area contributed by atoms with Crippen molar-refractivity contribution >= 4 is 5.97 Å². The van der Waals surface area contributed by atoms with Gasteiger partial charge in [0.15, 0.2) is 0 Å². The lowest BCUT2D eigenvalue weighted by Crippen LogP contribution is -2.07. The topological polar surface area (TPSA) is 59.3 Å². The van der Waals surface area contributed by atoms with Crippen molar-refractivity contribution in [1.29, 1.82) is 5.26 Å². The molecular formula is C13H14FNO3. The summed E-state index contributed by atoms with van der Waals surface area (Å²) in [5, 5.41) is 9.01. The summed E-state index contributed by atoms with van der Waals surface area (Å²) in [5.41, 5.74) is 0.312. The van der Waals surface area contributed by atoms with E-state index >= 15 is 0 Å². The number of methoxy groups -OCH3 is 1. The maximum Gasteiger partial charge on any atom is 0.306 e. The summed E-state index contributed by atoms with van der Waals surface area (Å²) < 4.78 is 23.4. The van der Waals surface area contributed by atoms with Gasteiger partial charge in [-0.1, -0.05) is 0 Å². The molecule has 0 fully saturated rings. The molecule has 0 atom stereocenters. The highest BCUT2D eigenvalue weighted by atomic mass is 19.1. The quantitative estimate of drug-likeness (QED) is 0.753. The molecule has 0 amide bonds. The molecule has 0 aliphatic carbocycles. The smallest absolute Gasteiger partial charge is 0.306 e. The molecule has 0 N–H and O–H groups in total. The summed E-state index contributed by atoms with van der Waals surface area (Å²) >= 11 is 0. The molecule has 0 aliphatic rings. The minimum Gasteiger partial charge on any atom is -0.495 e. The zero-order chi connectivity index (χ0) is 13.5. The summed E-state index contributed by atoms with van der Waals surface area (Å²) in [5.74, 6) is -0.627. The van der Waals surface area contributed by atoms with Gasteiger partial charge in [-0.05, 0) is 25.5 Å². The minimum atomic E-state index is -0.517. The monoisotopic (exact) mass is 251 g/mol. The number of rotatable bonds is 5. The predicted octanol–water partition coefficient (Wildman–Crippen LogP) is 2.20. The molecule has 1 rings (SSSR count). The van der Waals surface area contributed by atoms with Crippen LogP contribution in [0.3, 0.4) is 0 Å². The van der Waals surface area contributed by atoms with E-state index in [-0.39, 0.29) is 30.6 Å². The number of hydrogen-bond acceptors (Lipinski definition) is 4. The van der Waals surface area contributed by atoms with Crippen molar-refractivity contribution < 1.29 is 18.7 Å². The Bertz CT molecular complexity index is 480. The van der Waals surface area contributed by atoms with Crippen LogP contribution in [0.15, 0.2) is 12.1 Å². The summed E-state index contributed by atoms with van der Waals surface area (Å²) in [4.78, 5) is 11.2. The number of hydrogen-bond donors (Lipinski definition) is 0. The Labute approximate surface area is 105 Å². The summed E-state index contributed by atoms with van der Waals surface area (Å²) in [6.45, 7) is 1.98. The Morgan fingerprint density at radius 2 is 2.22 bits per heavy atom. The first-order chi connectivity index (χ1) is 8.63. The normalized spacial score (nSPS) is 9.67. The number of benzene rings is 1. The van der Waals surface area contributed by atoms with E-state index in [0.29, 0.717) is 5.75 Å². The van der Waals surface area contributed by atoms with Crippen LogP contribution in [0.25, 0.3) is 0 Å². The molecule has 0 saturated carbocycles. The molecule has 0 saturated heterocycles. The SMILES string of the molecule is CCOC(=O)CCc1c(F)ccc(OC)c1C#N. The second kappa shape index (κ2) is 6.60. The first-order valence-corrected chi connectivity index (χ1v) is 5.55. The maximum absolute atomic E-state index is 13.6. The van der Waals surface area contributed by atoms with E-state index in [9.17, 15) is 9.18 Å². The molecule has 0 heterocycles. The number of ether oxygens (including phenoxy) is 2. The highest BCUT2D eigenvalue weighted by Crippen LogP contribution is 2.25. The van der Waals surface area contributed by atoms with Gasteiger partial charge in [-0.2, -0.15) is 5.26 Å². The fraction of sp³-hybridized carbons (Fsp3) is 0.385. The average molecular weight is 251 g/mol. The summed E-state index contributed by atoms with van der Waals surface area (Å²) in [6, 6.07) is 4.51. The standard InChI is InChI=1S/C13H14FNO3/c1-3-18-13(16)7-4-9-10(8-15)12(17-2)6-5-11(9)14/h5-6H,3-4,7H2,1-2H3. The first-order valence-electron chi connectivity index (χ1n) is 5.55. The summed E-state index contributed by atoms with van der Waals surface area (Å²) in [7, 11) is 1.41. The Balaban J connectivity index is 2.94. The van der Waals surface area contributed by atoms with E-state index in [2.05, 4.69) is 0 Å². The number of halogens is 1. The summed E-state index contributed by atoms with van der Waals surface area (Å²) in [6.07, 6.45) is 0.150. The molecule has 0 bridgehead atoms. The number of esters is 1. The zero-order valence-corrected chi connectivity index (χ0v) is 10.3. The Morgan fingerprint density at radius 3 is 2.78 bits per heavy atom. The van der Waals surface area contributed by atoms with Crippen LogP contribution in [-0.4, -0.2) is 19.7 Å². The van der Waals surface area contributed by atoms with Crippen LogP contribution in [-0.2, 0) is 16.0 Å². The fourth-order valence-corrected chi connectivity index (χ4v) is 1.60. The van der Waals surface area contributed by atoms with Gasteiger partial charge < -0.3 is 9.47 Å². The lowest BCUT2D eigenvalue weighted by Gasteiger charge is -2.09. The number of carbonyl (C=O) groups excluding carboxylic acids is 1. The van der Waals surface area contributed by atoms with E-state index in [1.165, 1.54) is 19.2 Å². The average Bonchev–Trinajstić information content (AvgIpc) is 2.37. The van der Waals surface area contributed by atoms with Gasteiger partial charge in [0.05, 0.1) is 13.7 Å². The van der Waals surface area contributed by atoms with Crippen molar-refractivity contribution in [1.82, 2.24) is 0 Å². The Hall–Kier alpha value is -2.09. The van der Waals surface area contributed by atoms with Crippen molar-refractivity contribution in [2.24, 2.45) is 0 Å². The second-order valence-corrected chi connectivity index (χ2v) is 3.52. The van der Waals surface area contributed by atoms with Gasteiger partial charge in [0.1, 0.15) is 23.2 Å². The van der Waals surface area contributed by atoms with Crippen LogP contribution in [0.4, 0.5) is 4.39 Å². The molecule has 0 unspecified atom stereocenters. The molecule has 18 heavy (non-hydrogen) atoms. The van der Waals surface area contributed by atoms with Crippen molar-refractivity contribution in [3.63, 3.8) is 0 Å². The third kappa shape index (κ3) is 3.20. The molecule has 5 heteroatoms. The predicted molar refractivity (Wildman–Crippen MR) is 62.6 cm³/mol. The highest BCUT2D eigenvalue weighted by molar-refractivity contribution is 5.70. The molecule has 1 aromatic rings. The number of nitrogens with zero attached hydrogens (tertiary/aromatic N) is 1. The van der Waals surface area contributed by atoms with Gasteiger partial charge in [-0.3, -0.25) is 4.79 Å². The lowest BCUT2D eigenvalue weighted by molar-refractivity contribution is -0.143. The maximum atomic E-state index is 13.6. The van der Waals surface area contributed by atoms with Gasteiger partial charge in [0.25, 0.3) is 0 Å². The van der Waals surface area contributed by atoms with Crippen LogP contribution in [0.2, 0.25) is 0 Å². The van der Waals surface area contributed by atoms with Gasteiger partial charge in [-0.15, -0.1) is 0 Å². The highest BCUT2D eigenvalue weighted by Gasteiger charge is 2.15. The largest absolute Gasteiger partial charge is 0.495 e. The molecule has 4 nitrogen and oxygen atoms in total. The Morgan fingerprint density at radius 1 is 1.50 bits per heavy atom.